The van der Waals surface area contributed by atoms with E-state index in [4.69, 9.17) is 0 Å². The van der Waals surface area contributed by atoms with Crippen LogP contribution in [0.15, 0.2) is 29.3 Å². The largest absolute Gasteiger partial charge is 0.366 e. The average molecular weight is 264 g/mol. The van der Waals surface area contributed by atoms with E-state index in [0.717, 1.165) is 38.7 Å². The molecule has 4 nitrogen and oxygen atoms in total. The quantitative estimate of drug-likeness (QED) is 0.649. The van der Waals surface area contributed by atoms with Crippen LogP contribution >= 0.6 is 0 Å². The summed E-state index contributed by atoms with van der Waals surface area (Å²) in [6, 6.07) is 6.95. The molecule has 0 saturated carbocycles. The highest BCUT2D eigenvalue weighted by molar-refractivity contribution is 5.80. The van der Waals surface area contributed by atoms with Gasteiger partial charge in [-0.3, -0.25) is 4.99 Å². The molecule has 19 heavy (non-hydrogen) atoms. The molecule has 0 aliphatic carbocycles. The van der Waals surface area contributed by atoms with Gasteiger partial charge in [0.1, 0.15) is 5.82 Å². The van der Waals surface area contributed by atoms with Crippen molar-refractivity contribution in [3.05, 3.63) is 30.1 Å². The van der Waals surface area contributed by atoms with Crippen molar-refractivity contribution in [2.45, 2.75) is 6.92 Å². The van der Waals surface area contributed by atoms with Crippen LogP contribution in [0.4, 0.5) is 10.1 Å². The summed E-state index contributed by atoms with van der Waals surface area (Å²) < 4.78 is 13.7. The molecule has 0 radical (unpaired) electrons. The van der Waals surface area contributed by atoms with E-state index in [1.54, 1.807) is 13.1 Å². The fraction of sp³-hybridized carbons (Fsp3) is 0.500. The maximum atomic E-state index is 13.7. The lowest BCUT2D eigenvalue weighted by atomic mass is 10.2. The lowest BCUT2D eigenvalue weighted by Gasteiger charge is -2.37. The molecule has 1 aliphatic rings. The van der Waals surface area contributed by atoms with Crippen LogP contribution in [-0.2, 0) is 0 Å². The van der Waals surface area contributed by atoms with Gasteiger partial charge in [0.15, 0.2) is 5.96 Å². The van der Waals surface area contributed by atoms with Gasteiger partial charge in [0, 0.05) is 39.8 Å². The summed E-state index contributed by atoms with van der Waals surface area (Å²) in [6.07, 6.45) is 0. The second-order valence-corrected chi connectivity index (χ2v) is 4.50. The van der Waals surface area contributed by atoms with Gasteiger partial charge in [0.05, 0.1) is 5.69 Å². The lowest BCUT2D eigenvalue weighted by Crippen LogP contribution is -2.52. The van der Waals surface area contributed by atoms with Crippen molar-refractivity contribution in [2.24, 2.45) is 4.99 Å². The van der Waals surface area contributed by atoms with Crippen LogP contribution in [0.5, 0.6) is 0 Å². The number of para-hydroxylation sites is 1. The van der Waals surface area contributed by atoms with Gasteiger partial charge in [-0.1, -0.05) is 12.1 Å². The summed E-state index contributed by atoms with van der Waals surface area (Å²) in [5.41, 5.74) is 0.695. The zero-order chi connectivity index (χ0) is 13.7. The van der Waals surface area contributed by atoms with Crippen molar-refractivity contribution >= 4 is 11.6 Å². The van der Waals surface area contributed by atoms with E-state index < -0.39 is 0 Å². The zero-order valence-electron chi connectivity index (χ0n) is 11.6. The molecule has 0 unspecified atom stereocenters. The highest BCUT2D eigenvalue weighted by atomic mass is 19.1. The Morgan fingerprint density at radius 1 is 1.26 bits per heavy atom. The van der Waals surface area contributed by atoms with Crippen LogP contribution in [0.2, 0.25) is 0 Å². The molecule has 1 aromatic rings. The first kappa shape index (κ1) is 13.6. The van der Waals surface area contributed by atoms with Gasteiger partial charge >= 0.3 is 0 Å². The summed E-state index contributed by atoms with van der Waals surface area (Å²) in [6.45, 7) is 6.25. The molecule has 1 heterocycles. The molecule has 1 aromatic carbocycles. The van der Waals surface area contributed by atoms with E-state index in [0.29, 0.717) is 5.69 Å². The van der Waals surface area contributed by atoms with Gasteiger partial charge in [-0.2, -0.15) is 0 Å². The Bertz CT molecular complexity index is 439. The summed E-state index contributed by atoms with van der Waals surface area (Å²) in [4.78, 5) is 8.55. The fourth-order valence-corrected chi connectivity index (χ4v) is 2.36. The number of nitrogens with one attached hydrogen (secondary N) is 1. The molecule has 0 aromatic heterocycles. The number of benzene rings is 1. The van der Waals surface area contributed by atoms with Crippen molar-refractivity contribution in [2.75, 3.05) is 44.7 Å². The topological polar surface area (TPSA) is 30.9 Å². The third-order valence-corrected chi connectivity index (χ3v) is 3.32. The third-order valence-electron chi connectivity index (χ3n) is 3.32. The minimum atomic E-state index is -0.146. The first-order valence-corrected chi connectivity index (χ1v) is 6.71. The number of hydrogen-bond acceptors (Lipinski definition) is 2. The minimum absolute atomic E-state index is 0.146. The number of rotatable bonds is 2. The van der Waals surface area contributed by atoms with Crippen LogP contribution in [0, 0.1) is 5.82 Å². The molecule has 2 rings (SSSR count). The normalized spacial score (nSPS) is 16.7. The summed E-state index contributed by atoms with van der Waals surface area (Å²) in [5, 5.41) is 3.25. The molecule has 1 aliphatic heterocycles. The summed E-state index contributed by atoms with van der Waals surface area (Å²) in [7, 11) is 1.79. The summed E-state index contributed by atoms with van der Waals surface area (Å²) >= 11 is 0. The first-order chi connectivity index (χ1) is 9.26. The van der Waals surface area contributed by atoms with E-state index in [9.17, 15) is 4.39 Å². The number of aliphatic imine (C=N–C) groups is 1. The molecule has 5 heteroatoms. The van der Waals surface area contributed by atoms with Crippen LogP contribution in [0.1, 0.15) is 6.92 Å². The van der Waals surface area contributed by atoms with Crippen molar-refractivity contribution in [1.82, 2.24) is 10.2 Å². The third kappa shape index (κ3) is 3.16. The molecule has 0 amide bonds. The van der Waals surface area contributed by atoms with Crippen LogP contribution in [0.3, 0.4) is 0 Å². The number of piperazine rings is 1. The molecule has 1 N–H and O–H groups in total. The maximum absolute atomic E-state index is 13.7. The predicted molar refractivity (Wildman–Crippen MR) is 77.2 cm³/mol. The maximum Gasteiger partial charge on any atom is 0.193 e. The smallest absolute Gasteiger partial charge is 0.193 e. The number of nitrogens with zero attached hydrogens (tertiary/aromatic N) is 3. The van der Waals surface area contributed by atoms with Crippen molar-refractivity contribution in [3.63, 3.8) is 0 Å². The second-order valence-electron chi connectivity index (χ2n) is 4.50. The predicted octanol–water partition coefficient (Wildman–Crippen LogP) is 1.54. The Morgan fingerprint density at radius 2 is 1.95 bits per heavy atom. The number of anilines is 1. The molecule has 104 valence electrons. The molecule has 0 bridgehead atoms. The highest BCUT2D eigenvalue weighted by Crippen LogP contribution is 2.20. The monoisotopic (exact) mass is 264 g/mol. The second kappa shape index (κ2) is 6.41. The van der Waals surface area contributed by atoms with Crippen molar-refractivity contribution in [1.29, 1.82) is 0 Å². The Labute approximate surface area is 113 Å². The van der Waals surface area contributed by atoms with Gasteiger partial charge in [0.2, 0.25) is 0 Å². The lowest BCUT2D eigenvalue weighted by molar-refractivity contribution is 0.372. The first-order valence-electron chi connectivity index (χ1n) is 6.71. The standard InChI is InChI=1S/C14H21FN4/c1-3-17-14(16-2)19-10-8-18(9-11-19)13-7-5-4-6-12(13)15/h4-7H,3,8-11H2,1-2H3,(H,16,17). The molecule has 1 saturated heterocycles. The van der Waals surface area contributed by atoms with Gasteiger partial charge in [-0.15, -0.1) is 0 Å². The Hall–Kier alpha value is -1.78. The van der Waals surface area contributed by atoms with Crippen LogP contribution < -0.4 is 10.2 Å². The molecule has 0 spiro atoms. The average Bonchev–Trinajstić information content (AvgIpc) is 2.46. The van der Waals surface area contributed by atoms with E-state index in [2.05, 4.69) is 27.0 Å². The molecule has 1 fully saturated rings. The van der Waals surface area contributed by atoms with E-state index in [-0.39, 0.29) is 5.82 Å². The van der Waals surface area contributed by atoms with E-state index in [1.807, 2.05) is 12.1 Å². The Balaban J connectivity index is 1.98. The SMILES string of the molecule is CCNC(=NC)N1CCN(c2ccccc2F)CC1. The van der Waals surface area contributed by atoms with Crippen molar-refractivity contribution in [3.8, 4) is 0 Å². The van der Waals surface area contributed by atoms with Gasteiger partial charge in [-0.05, 0) is 19.1 Å². The van der Waals surface area contributed by atoms with Gasteiger partial charge in [-0.25, -0.2) is 4.39 Å². The summed E-state index contributed by atoms with van der Waals surface area (Å²) in [5.74, 6) is 0.780. The van der Waals surface area contributed by atoms with Gasteiger partial charge < -0.3 is 15.1 Å². The molecule has 0 atom stereocenters. The molecular formula is C14H21FN4. The Kier molecular flexibility index (Phi) is 4.60. The molecular weight excluding hydrogens is 243 g/mol. The van der Waals surface area contributed by atoms with Crippen LogP contribution in [-0.4, -0.2) is 50.6 Å². The van der Waals surface area contributed by atoms with Crippen molar-refractivity contribution < 1.29 is 4.39 Å². The van der Waals surface area contributed by atoms with E-state index in [1.165, 1.54) is 6.07 Å². The van der Waals surface area contributed by atoms with E-state index >= 15 is 0 Å². The highest BCUT2D eigenvalue weighted by Gasteiger charge is 2.20. The number of guanidine groups is 1. The fourth-order valence-electron chi connectivity index (χ4n) is 2.36. The van der Waals surface area contributed by atoms with Gasteiger partial charge in [0.25, 0.3) is 0 Å². The number of hydrogen-bond donors (Lipinski definition) is 1. The zero-order valence-corrected chi connectivity index (χ0v) is 11.6. The minimum Gasteiger partial charge on any atom is -0.366 e. The van der Waals surface area contributed by atoms with Crippen LogP contribution in [0.25, 0.3) is 0 Å². The Morgan fingerprint density at radius 3 is 2.53 bits per heavy atom. The number of halogens is 1.